The van der Waals surface area contributed by atoms with Gasteiger partial charge in [-0.1, -0.05) is 31.0 Å². The highest BCUT2D eigenvalue weighted by molar-refractivity contribution is 6.19. The van der Waals surface area contributed by atoms with Gasteiger partial charge < -0.3 is 4.74 Å². The SMILES string of the molecule is CC(C)Oc1cccc(CN2CCC3(C[C@@H]2C)C(=N[C@@H]2CCCC[C@H]2F)NC(=O)N3c2cccc(F)c2)c1. The summed E-state index contributed by atoms with van der Waals surface area (Å²) in [5.74, 6) is 0.977. The maximum absolute atomic E-state index is 14.8. The van der Waals surface area contributed by atoms with E-state index in [-0.39, 0.29) is 18.2 Å². The third-order valence-electron chi connectivity index (χ3n) is 8.03. The molecule has 204 valence electrons. The summed E-state index contributed by atoms with van der Waals surface area (Å²) in [5, 5.41) is 2.97. The molecule has 0 radical (unpaired) electrons. The molecule has 2 aromatic rings. The summed E-state index contributed by atoms with van der Waals surface area (Å²) >= 11 is 0. The molecule has 38 heavy (non-hydrogen) atoms. The van der Waals surface area contributed by atoms with Crippen LogP contribution in [0.25, 0.3) is 0 Å². The molecule has 1 N–H and O–H groups in total. The number of amides is 2. The van der Waals surface area contributed by atoms with Gasteiger partial charge in [0.25, 0.3) is 0 Å². The van der Waals surface area contributed by atoms with Crippen molar-refractivity contribution >= 4 is 17.6 Å². The van der Waals surface area contributed by atoms with Crippen molar-refractivity contribution in [1.82, 2.24) is 10.2 Å². The summed E-state index contributed by atoms with van der Waals surface area (Å²) in [6, 6.07) is 13.6. The molecule has 4 atom stereocenters. The smallest absolute Gasteiger partial charge is 0.328 e. The van der Waals surface area contributed by atoms with Gasteiger partial charge in [-0.25, -0.2) is 13.6 Å². The Morgan fingerprint density at radius 2 is 1.95 bits per heavy atom. The number of hydrogen-bond acceptors (Lipinski definition) is 4. The first-order chi connectivity index (χ1) is 18.2. The lowest BCUT2D eigenvalue weighted by molar-refractivity contribution is 0.123. The summed E-state index contributed by atoms with van der Waals surface area (Å²) in [6.07, 6.45) is 3.28. The Balaban J connectivity index is 1.44. The number of alkyl halides is 1. The lowest BCUT2D eigenvalue weighted by Crippen LogP contribution is -2.59. The zero-order chi connectivity index (χ0) is 26.9. The molecular formula is C30H38F2N4O2. The number of carbonyl (C=O) groups is 1. The molecule has 2 saturated heterocycles. The zero-order valence-electron chi connectivity index (χ0n) is 22.5. The van der Waals surface area contributed by atoms with Crippen molar-refractivity contribution in [3.05, 3.63) is 59.9 Å². The molecule has 6 nitrogen and oxygen atoms in total. The van der Waals surface area contributed by atoms with E-state index in [4.69, 9.17) is 9.73 Å². The van der Waals surface area contributed by atoms with Gasteiger partial charge in [-0.15, -0.1) is 0 Å². The van der Waals surface area contributed by atoms with Crippen LogP contribution < -0.4 is 15.0 Å². The number of aliphatic imine (C=N–C) groups is 1. The van der Waals surface area contributed by atoms with Crippen LogP contribution in [0.2, 0.25) is 0 Å². The first-order valence-corrected chi connectivity index (χ1v) is 13.8. The van der Waals surface area contributed by atoms with E-state index in [1.807, 2.05) is 26.0 Å². The van der Waals surface area contributed by atoms with Crippen molar-refractivity contribution in [3.8, 4) is 5.75 Å². The quantitative estimate of drug-likeness (QED) is 0.486. The Bertz CT molecular complexity index is 1190. The van der Waals surface area contributed by atoms with Gasteiger partial charge in [0.1, 0.15) is 29.1 Å². The van der Waals surface area contributed by atoms with Crippen LogP contribution in [0.5, 0.6) is 5.75 Å². The van der Waals surface area contributed by atoms with Gasteiger partial charge in [-0.3, -0.25) is 20.1 Å². The van der Waals surface area contributed by atoms with Crippen molar-refractivity contribution < 1.29 is 18.3 Å². The summed E-state index contributed by atoms with van der Waals surface area (Å²) < 4.78 is 35.0. The maximum Gasteiger partial charge on any atom is 0.328 e. The van der Waals surface area contributed by atoms with E-state index < -0.39 is 23.6 Å². The van der Waals surface area contributed by atoms with E-state index in [0.717, 1.165) is 30.7 Å². The van der Waals surface area contributed by atoms with E-state index in [1.165, 1.54) is 12.1 Å². The number of nitrogens with zero attached hydrogens (tertiary/aromatic N) is 3. The number of urea groups is 1. The number of rotatable bonds is 6. The second kappa shape index (κ2) is 11.0. The molecule has 1 aliphatic carbocycles. The second-order valence-corrected chi connectivity index (χ2v) is 11.2. The molecule has 0 bridgehead atoms. The fourth-order valence-corrected chi connectivity index (χ4v) is 6.23. The average molecular weight is 525 g/mol. The third kappa shape index (κ3) is 5.41. The van der Waals surface area contributed by atoms with Gasteiger partial charge in [0.15, 0.2) is 0 Å². The van der Waals surface area contributed by atoms with E-state index >= 15 is 0 Å². The highest BCUT2D eigenvalue weighted by Crippen LogP contribution is 2.41. The van der Waals surface area contributed by atoms with Crippen molar-refractivity contribution in [2.75, 3.05) is 11.4 Å². The molecule has 2 heterocycles. The van der Waals surface area contributed by atoms with Crippen LogP contribution in [0.3, 0.4) is 0 Å². The van der Waals surface area contributed by atoms with Crippen LogP contribution in [0, 0.1) is 5.82 Å². The van der Waals surface area contributed by atoms with Gasteiger partial charge in [-0.2, -0.15) is 0 Å². The van der Waals surface area contributed by atoms with E-state index in [0.29, 0.717) is 43.8 Å². The Morgan fingerprint density at radius 3 is 2.68 bits per heavy atom. The van der Waals surface area contributed by atoms with Crippen LogP contribution in [0.4, 0.5) is 19.3 Å². The van der Waals surface area contributed by atoms with Crippen LogP contribution in [-0.4, -0.2) is 53.2 Å². The van der Waals surface area contributed by atoms with Crippen LogP contribution in [0.1, 0.15) is 64.9 Å². The number of hydrogen-bond donors (Lipinski definition) is 1. The molecule has 8 heteroatoms. The second-order valence-electron chi connectivity index (χ2n) is 11.2. The lowest BCUT2D eigenvalue weighted by atomic mass is 9.81. The van der Waals surface area contributed by atoms with Crippen LogP contribution >= 0.6 is 0 Å². The molecule has 1 spiro atoms. The number of benzene rings is 2. The molecule has 2 aliphatic heterocycles. The number of piperidine rings is 1. The van der Waals surface area contributed by atoms with Gasteiger partial charge in [-0.05, 0) is 82.3 Å². The van der Waals surface area contributed by atoms with Gasteiger partial charge in [0, 0.05) is 24.8 Å². The summed E-state index contributed by atoms with van der Waals surface area (Å²) in [6.45, 7) is 7.63. The number of halogens is 2. The summed E-state index contributed by atoms with van der Waals surface area (Å²) in [5.41, 5.74) is 0.873. The monoisotopic (exact) mass is 524 g/mol. The number of nitrogens with one attached hydrogen (secondary N) is 1. The van der Waals surface area contributed by atoms with Crippen molar-refractivity contribution in [2.24, 2.45) is 4.99 Å². The van der Waals surface area contributed by atoms with E-state index in [1.54, 1.807) is 17.0 Å². The zero-order valence-corrected chi connectivity index (χ0v) is 22.5. The standard InChI is InChI=1S/C30H38F2N4O2/c1-20(2)38-25-11-6-8-22(16-25)19-35-15-14-30(18-21(35)3)28(33-27-13-5-4-12-26(27)32)34-29(37)36(30)24-10-7-9-23(31)17-24/h6-11,16-17,20-21,26-27H,4-5,12-15,18-19H2,1-3H3,(H,33,34,37)/t21-,26+,27+,30?/m0/s1. The molecule has 2 amide bonds. The Morgan fingerprint density at radius 1 is 1.16 bits per heavy atom. The van der Waals surface area contributed by atoms with Crippen molar-refractivity contribution in [1.29, 1.82) is 0 Å². The number of likely N-dealkylation sites (tertiary alicyclic amines) is 1. The van der Waals surface area contributed by atoms with Crippen molar-refractivity contribution in [3.63, 3.8) is 0 Å². The highest BCUT2D eigenvalue weighted by Gasteiger charge is 2.55. The molecule has 5 rings (SSSR count). The first-order valence-electron chi connectivity index (χ1n) is 13.8. The van der Waals surface area contributed by atoms with Gasteiger partial charge in [0.05, 0.1) is 12.1 Å². The largest absolute Gasteiger partial charge is 0.491 e. The topological polar surface area (TPSA) is 57.2 Å². The minimum absolute atomic E-state index is 0.0971. The average Bonchev–Trinajstić information content (AvgIpc) is 3.12. The molecule has 3 fully saturated rings. The minimum atomic E-state index is -1.01. The first kappa shape index (κ1) is 26.6. The van der Waals surface area contributed by atoms with Crippen molar-refractivity contribution in [2.45, 2.75) is 95.7 Å². The van der Waals surface area contributed by atoms with Gasteiger partial charge >= 0.3 is 6.03 Å². The fraction of sp³-hybridized carbons (Fsp3) is 0.533. The number of amidine groups is 1. The predicted molar refractivity (Wildman–Crippen MR) is 146 cm³/mol. The highest BCUT2D eigenvalue weighted by atomic mass is 19.1. The molecule has 3 aliphatic rings. The molecule has 1 unspecified atom stereocenters. The molecule has 2 aromatic carbocycles. The number of anilines is 1. The number of ether oxygens (including phenoxy) is 1. The predicted octanol–water partition coefficient (Wildman–Crippen LogP) is 6.25. The Hall–Kier alpha value is -3.00. The van der Waals surface area contributed by atoms with E-state index in [2.05, 4.69) is 29.3 Å². The van der Waals surface area contributed by atoms with E-state index in [9.17, 15) is 13.6 Å². The molecule has 1 saturated carbocycles. The maximum atomic E-state index is 14.8. The molecular weight excluding hydrogens is 486 g/mol. The summed E-state index contributed by atoms with van der Waals surface area (Å²) in [7, 11) is 0. The van der Waals surface area contributed by atoms with Crippen LogP contribution in [-0.2, 0) is 6.54 Å². The normalized spacial score (nSPS) is 29.3. The van der Waals surface area contributed by atoms with Crippen LogP contribution in [0.15, 0.2) is 53.5 Å². The Labute approximate surface area is 224 Å². The third-order valence-corrected chi connectivity index (χ3v) is 8.03. The van der Waals surface area contributed by atoms with Gasteiger partial charge in [0.2, 0.25) is 0 Å². The summed E-state index contributed by atoms with van der Waals surface area (Å²) in [4.78, 5) is 22.3. The number of carbonyl (C=O) groups excluding carboxylic acids is 1. The Kier molecular flexibility index (Phi) is 7.70. The lowest BCUT2D eigenvalue weighted by Gasteiger charge is -2.47. The minimum Gasteiger partial charge on any atom is -0.491 e. The molecule has 0 aromatic heterocycles. The fourth-order valence-electron chi connectivity index (χ4n) is 6.23.